The molecule has 1 fully saturated rings. The van der Waals surface area contributed by atoms with E-state index in [1.165, 1.54) is 0 Å². The number of benzene rings is 1. The molecular formula is C14H16O4. The fraction of sp³-hybridized carbons (Fsp3) is 0.429. The number of carbonyl (C=O) groups is 2. The van der Waals surface area contributed by atoms with Gasteiger partial charge < -0.3 is 9.84 Å². The minimum absolute atomic E-state index is 0.145. The topological polar surface area (TPSA) is 63.6 Å². The van der Waals surface area contributed by atoms with Crippen molar-refractivity contribution in [2.75, 3.05) is 0 Å². The summed E-state index contributed by atoms with van der Waals surface area (Å²) in [6.07, 6.45) is 2.29. The number of carbonyl (C=O) groups excluding carboxylic acids is 1. The average Bonchev–Trinajstić information content (AvgIpc) is 2.40. The zero-order valence-electron chi connectivity index (χ0n) is 10.0. The third-order valence-corrected chi connectivity index (χ3v) is 3.31. The third-order valence-electron chi connectivity index (χ3n) is 3.31. The molecule has 1 N–H and O–H groups in total. The van der Waals surface area contributed by atoms with Crippen LogP contribution in [0.2, 0.25) is 0 Å². The summed E-state index contributed by atoms with van der Waals surface area (Å²) in [6.45, 7) is 0. The Morgan fingerprint density at radius 1 is 1.06 bits per heavy atom. The lowest BCUT2D eigenvalue weighted by molar-refractivity contribution is -0.143. The molecule has 0 saturated heterocycles. The third kappa shape index (κ3) is 3.09. The Bertz CT molecular complexity index is 419. The number of hydrogen-bond donors (Lipinski definition) is 1. The van der Waals surface area contributed by atoms with E-state index in [9.17, 15) is 9.59 Å². The number of carboxylic acids is 1. The van der Waals surface area contributed by atoms with E-state index in [0.29, 0.717) is 31.2 Å². The van der Waals surface area contributed by atoms with Crippen LogP contribution in [0.5, 0.6) is 0 Å². The summed E-state index contributed by atoms with van der Waals surface area (Å²) in [5, 5.41) is 8.88. The molecule has 0 unspecified atom stereocenters. The fourth-order valence-electron chi connectivity index (χ4n) is 2.22. The maximum atomic E-state index is 11.8. The number of aliphatic carboxylic acids is 1. The summed E-state index contributed by atoms with van der Waals surface area (Å²) in [5.41, 5.74) is 0.540. The summed E-state index contributed by atoms with van der Waals surface area (Å²) >= 11 is 0. The zero-order valence-corrected chi connectivity index (χ0v) is 10.0. The van der Waals surface area contributed by atoms with Gasteiger partial charge in [0, 0.05) is 0 Å². The van der Waals surface area contributed by atoms with E-state index in [-0.39, 0.29) is 18.0 Å². The first-order chi connectivity index (χ1) is 8.66. The molecule has 0 radical (unpaired) electrons. The second-order valence-electron chi connectivity index (χ2n) is 4.58. The van der Waals surface area contributed by atoms with Crippen LogP contribution < -0.4 is 0 Å². The molecule has 4 nitrogen and oxygen atoms in total. The maximum Gasteiger partial charge on any atom is 0.338 e. The minimum atomic E-state index is -0.747. The molecule has 0 spiro atoms. The van der Waals surface area contributed by atoms with Crippen LogP contribution in [0.3, 0.4) is 0 Å². The van der Waals surface area contributed by atoms with E-state index < -0.39 is 5.97 Å². The first kappa shape index (κ1) is 12.6. The molecule has 0 aliphatic heterocycles. The van der Waals surface area contributed by atoms with Gasteiger partial charge in [0.05, 0.1) is 11.5 Å². The second-order valence-corrected chi connectivity index (χ2v) is 4.58. The highest BCUT2D eigenvalue weighted by atomic mass is 16.5. The van der Waals surface area contributed by atoms with Gasteiger partial charge in [-0.25, -0.2) is 4.79 Å². The highest BCUT2D eigenvalue weighted by molar-refractivity contribution is 5.89. The summed E-state index contributed by atoms with van der Waals surface area (Å²) in [6, 6.07) is 8.85. The van der Waals surface area contributed by atoms with Crippen LogP contribution in [0.4, 0.5) is 0 Å². The van der Waals surface area contributed by atoms with Gasteiger partial charge >= 0.3 is 11.9 Å². The summed E-state index contributed by atoms with van der Waals surface area (Å²) < 4.78 is 5.37. The molecule has 1 saturated carbocycles. The molecular weight excluding hydrogens is 232 g/mol. The monoisotopic (exact) mass is 248 g/mol. The molecule has 4 heteroatoms. The van der Waals surface area contributed by atoms with Crippen LogP contribution >= 0.6 is 0 Å². The molecule has 18 heavy (non-hydrogen) atoms. The standard InChI is InChI=1S/C14H16O4/c15-13(16)10-6-8-12(9-7-10)18-14(17)11-4-2-1-3-5-11/h1-5,10,12H,6-9H2,(H,15,16). The van der Waals surface area contributed by atoms with Gasteiger partial charge in [0.15, 0.2) is 0 Å². The van der Waals surface area contributed by atoms with Crippen molar-refractivity contribution in [1.29, 1.82) is 0 Å². The average molecular weight is 248 g/mol. The van der Waals surface area contributed by atoms with E-state index in [1.54, 1.807) is 24.3 Å². The van der Waals surface area contributed by atoms with Gasteiger partial charge in [-0.2, -0.15) is 0 Å². The van der Waals surface area contributed by atoms with Gasteiger partial charge in [-0.15, -0.1) is 0 Å². The molecule has 1 aliphatic rings. The van der Waals surface area contributed by atoms with Gasteiger partial charge in [0.2, 0.25) is 0 Å². The van der Waals surface area contributed by atoms with Crippen molar-refractivity contribution >= 4 is 11.9 Å². The van der Waals surface area contributed by atoms with Crippen molar-refractivity contribution in [1.82, 2.24) is 0 Å². The first-order valence-electron chi connectivity index (χ1n) is 6.15. The van der Waals surface area contributed by atoms with Crippen molar-refractivity contribution in [2.24, 2.45) is 5.92 Å². The quantitative estimate of drug-likeness (QED) is 0.835. The van der Waals surface area contributed by atoms with Crippen molar-refractivity contribution in [3.8, 4) is 0 Å². The Balaban J connectivity index is 1.85. The second kappa shape index (κ2) is 5.67. The SMILES string of the molecule is O=C(OC1CCC(C(=O)O)CC1)c1ccccc1. The Kier molecular flexibility index (Phi) is 3.97. The molecule has 0 aromatic heterocycles. The molecule has 1 aromatic rings. The highest BCUT2D eigenvalue weighted by Crippen LogP contribution is 2.26. The molecule has 1 aromatic carbocycles. The Morgan fingerprint density at radius 3 is 2.22 bits per heavy atom. The summed E-state index contributed by atoms with van der Waals surface area (Å²) in [4.78, 5) is 22.6. The molecule has 0 atom stereocenters. The van der Waals surface area contributed by atoms with Crippen LogP contribution in [0.1, 0.15) is 36.0 Å². The summed E-state index contributed by atoms with van der Waals surface area (Å²) in [5.74, 6) is -1.35. The lowest BCUT2D eigenvalue weighted by Crippen LogP contribution is -2.27. The van der Waals surface area contributed by atoms with Crippen LogP contribution in [-0.4, -0.2) is 23.1 Å². The highest BCUT2D eigenvalue weighted by Gasteiger charge is 2.28. The first-order valence-corrected chi connectivity index (χ1v) is 6.15. The molecule has 96 valence electrons. The molecule has 0 bridgehead atoms. The van der Waals surface area contributed by atoms with E-state index in [2.05, 4.69) is 0 Å². The van der Waals surface area contributed by atoms with E-state index in [0.717, 1.165) is 0 Å². The van der Waals surface area contributed by atoms with Gasteiger partial charge in [-0.3, -0.25) is 4.79 Å². The van der Waals surface area contributed by atoms with Gasteiger partial charge in [-0.1, -0.05) is 18.2 Å². The smallest absolute Gasteiger partial charge is 0.338 e. The Morgan fingerprint density at radius 2 is 1.67 bits per heavy atom. The van der Waals surface area contributed by atoms with Gasteiger partial charge in [-0.05, 0) is 37.8 Å². The molecule has 0 amide bonds. The van der Waals surface area contributed by atoms with E-state index in [1.807, 2.05) is 6.07 Å². The van der Waals surface area contributed by atoms with Gasteiger partial charge in [0.1, 0.15) is 6.10 Å². The van der Waals surface area contributed by atoms with Crippen molar-refractivity contribution in [3.63, 3.8) is 0 Å². The number of carboxylic acid groups (broad SMARTS) is 1. The van der Waals surface area contributed by atoms with Crippen LogP contribution in [-0.2, 0) is 9.53 Å². The van der Waals surface area contributed by atoms with Crippen molar-refractivity contribution in [3.05, 3.63) is 35.9 Å². The van der Waals surface area contributed by atoms with Gasteiger partial charge in [0.25, 0.3) is 0 Å². The van der Waals surface area contributed by atoms with Crippen molar-refractivity contribution < 1.29 is 19.4 Å². The molecule has 1 aliphatic carbocycles. The maximum absolute atomic E-state index is 11.8. The zero-order chi connectivity index (χ0) is 13.0. The van der Waals surface area contributed by atoms with E-state index >= 15 is 0 Å². The number of rotatable bonds is 3. The lowest BCUT2D eigenvalue weighted by atomic mass is 9.87. The number of esters is 1. The predicted octanol–water partition coefficient (Wildman–Crippen LogP) is 2.49. The predicted molar refractivity (Wildman–Crippen MR) is 65.2 cm³/mol. The molecule has 0 heterocycles. The molecule has 2 rings (SSSR count). The Hall–Kier alpha value is -1.84. The largest absolute Gasteiger partial charge is 0.481 e. The van der Waals surface area contributed by atoms with Crippen LogP contribution in [0.15, 0.2) is 30.3 Å². The normalized spacial score (nSPS) is 23.3. The lowest BCUT2D eigenvalue weighted by Gasteiger charge is -2.25. The van der Waals surface area contributed by atoms with Crippen LogP contribution in [0.25, 0.3) is 0 Å². The minimum Gasteiger partial charge on any atom is -0.481 e. The fourth-order valence-corrected chi connectivity index (χ4v) is 2.22. The summed E-state index contributed by atoms with van der Waals surface area (Å²) in [7, 11) is 0. The number of ether oxygens (including phenoxy) is 1. The Labute approximate surface area is 106 Å². The van der Waals surface area contributed by atoms with E-state index in [4.69, 9.17) is 9.84 Å². The van der Waals surface area contributed by atoms with Crippen LogP contribution in [0, 0.1) is 5.92 Å². The van der Waals surface area contributed by atoms with Crippen molar-refractivity contribution in [2.45, 2.75) is 31.8 Å². The number of hydrogen-bond acceptors (Lipinski definition) is 3.